The summed E-state index contributed by atoms with van der Waals surface area (Å²) in [6, 6.07) is 26.7. The van der Waals surface area contributed by atoms with Gasteiger partial charge in [0.25, 0.3) is 11.8 Å². The normalized spacial score (nSPS) is 11.8. The van der Waals surface area contributed by atoms with Crippen LogP contribution in [0.25, 0.3) is 6.08 Å². The third-order valence-electron chi connectivity index (χ3n) is 4.50. The molecule has 0 spiro atoms. The Morgan fingerprint density at radius 1 is 0.758 bits per heavy atom. The molecule has 0 saturated heterocycles. The second-order valence-electron chi connectivity index (χ2n) is 7.11. The number of carbonyl (C=O) groups is 3. The standard InChI is InChI=1S/C27H23N3O3/c1-20(17-21-11-5-2-6-12-21)18-24(29-26(32)23-15-9-4-10-16-23)27(33)30-28-19-25(31)22-13-7-3-8-14-22/h2-19H,1H3,(H,29,32)(H,30,33)/b20-17+,24-18-,28-19+. The Morgan fingerprint density at radius 2 is 1.30 bits per heavy atom. The maximum Gasteiger partial charge on any atom is 0.287 e. The van der Waals surface area contributed by atoms with Crippen LogP contribution in [0.1, 0.15) is 33.2 Å². The van der Waals surface area contributed by atoms with E-state index in [0.29, 0.717) is 11.1 Å². The molecule has 0 bridgehead atoms. The number of hydrogen-bond acceptors (Lipinski definition) is 4. The van der Waals surface area contributed by atoms with Gasteiger partial charge in [-0.25, -0.2) is 5.43 Å². The maximum absolute atomic E-state index is 12.8. The molecule has 0 aliphatic heterocycles. The third kappa shape index (κ3) is 7.25. The van der Waals surface area contributed by atoms with E-state index >= 15 is 0 Å². The molecule has 0 unspecified atom stereocenters. The molecular formula is C27H23N3O3. The quantitative estimate of drug-likeness (QED) is 0.180. The lowest BCUT2D eigenvalue weighted by atomic mass is 10.1. The van der Waals surface area contributed by atoms with E-state index in [1.165, 1.54) is 0 Å². The Labute approximate surface area is 192 Å². The van der Waals surface area contributed by atoms with Crippen LogP contribution in [0.15, 0.2) is 113 Å². The van der Waals surface area contributed by atoms with Gasteiger partial charge in [-0.05, 0) is 36.3 Å². The van der Waals surface area contributed by atoms with Crippen molar-refractivity contribution in [3.8, 4) is 0 Å². The van der Waals surface area contributed by atoms with E-state index in [2.05, 4.69) is 15.8 Å². The summed E-state index contributed by atoms with van der Waals surface area (Å²) in [4.78, 5) is 37.5. The molecule has 0 saturated carbocycles. The summed E-state index contributed by atoms with van der Waals surface area (Å²) in [5.41, 5.74) is 4.85. The van der Waals surface area contributed by atoms with Gasteiger partial charge in [-0.3, -0.25) is 14.4 Å². The van der Waals surface area contributed by atoms with Gasteiger partial charge in [0.2, 0.25) is 5.78 Å². The fourth-order valence-electron chi connectivity index (χ4n) is 2.91. The third-order valence-corrected chi connectivity index (χ3v) is 4.50. The second kappa shape index (κ2) is 11.7. The van der Waals surface area contributed by atoms with Gasteiger partial charge < -0.3 is 5.32 Å². The highest BCUT2D eigenvalue weighted by Gasteiger charge is 2.14. The molecule has 3 aromatic carbocycles. The summed E-state index contributed by atoms with van der Waals surface area (Å²) in [6.07, 6.45) is 4.46. The van der Waals surface area contributed by atoms with E-state index in [1.807, 2.05) is 43.3 Å². The van der Waals surface area contributed by atoms with Crippen LogP contribution in [0.3, 0.4) is 0 Å². The van der Waals surface area contributed by atoms with Gasteiger partial charge in [-0.1, -0.05) is 84.9 Å². The number of allylic oxidation sites excluding steroid dienone is 2. The minimum absolute atomic E-state index is 0.00200. The first kappa shape index (κ1) is 23.1. The van der Waals surface area contributed by atoms with Crippen LogP contribution < -0.4 is 10.7 Å². The number of amides is 2. The number of benzene rings is 3. The lowest BCUT2D eigenvalue weighted by Gasteiger charge is -2.09. The lowest BCUT2D eigenvalue weighted by molar-refractivity contribution is -0.117. The molecule has 3 rings (SSSR count). The Balaban J connectivity index is 1.78. The zero-order chi connectivity index (χ0) is 23.5. The number of rotatable bonds is 8. The number of ketones is 1. The van der Waals surface area contributed by atoms with Crippen molar-refractivity contribution in [2.24, 2.45) is 5.10 Å². The first-order valence-electron chi connectivity index (χ1n) is 10.3. The molecule has 0 heterocycles. The lowest BCUT2D eigenvalue weighted by Crippen LogP contribution is -2.33. The van der Waals surface area contributed by atoms with E-state index in [9.17, 15) is 14.4 Å². The second-order valence-corrected chi connectivity index (χ2v) is 7.11. The van der Waals surface area contributed by atoms with E-state index in [-0.39, 0.29) is 11.5 Å². The van der Waals surface area contributed by atoms with Crippen molar-refractivity contribution < 1.29 is 14.4 Å². The Kier molecular flexibility index (Phi) is 8.20. The van der Waals surface area contributed by atoms with Gasteiger partial charge >= 0.3 is 0 Å². The topological polar surface area (TPSA) is 87.6 Å². The summed E-state index contributed by atoms with van der Waals surface area (Å²) in [5, 5.41) is 6.38. The number of nitrogens with zero attached hydrogens (tertiary/aromatic N) is 1. The molecule has 0 aromatic heterocycles. The van der Waals surface area contributed by atoms with Gasteiger partial charge in [0.05, 0.1) is 6.21 Å². The van der Waals surface area contributed by atoms with Crippen molar-refractivity contribution in [1.29, 1.82) is 0 Å². The Hall–Kier alpha value is -4.58. The molecule has 0 aliphatic carbocycles. The summed E-state index contributed by atoms with van der Waals surface area (Å²) in [5.74, 6) is -1.44. The summed E-state index contributed by atoms with van der Waals surface area (Å²) in [7, 11) is 0. The van der Waals surface area contributed by atoms with E-state index in [4.69, 9.17) is 0 Å². The van der Waals surface area contributed by atoms with Crippen LogP contribution in [-0.2, 0) is 4.79 Å². The van der Waals surface area contributed by atoms with Crippen molar-refractivity contribution in [3.63, 3.8) is 0 Å². The average molecular weight is 437 g/mol. The summed E-state index contributed by atoms with van der Waals surface area (Å²) >= 11 is 0. The van der Waals surface area contributed by atoms with Gasteiger partial charge in [-0.15, -0.1) is 0 Å². The SMILES string of the molecule is CC(/C=C(\NC(=O)c1ccccc1)C(=O)N/N=C/C(=O)c1ccccc1)=C\c1ccccc1. The molecule has 2 amide bonds. The molecule has 6 nitrogen and oxygen atoms in total. The van der Waals surface area contributed by atoms with Crippen LogP contribution in [0.4, 0.5) is 0 Å². The van der Waals surface area contributed by atoms with Crippen LogP contribution in [0, 0.1) is 0 Å². The predicted molar refractivity (Wildman–Crippen MR) is 129 cm³/mol. The molecule has 3 aromatic rings. The molecular weight excluding hydrogens is 414 g/mol. The first-order valence-corrected chi connectivity index (χ1v) is 10.3. The zero-order valence-electron chi connectivity index (χ0n) is 18.1. The van der Waals surface area contributed by atoms with Crippen molar-refractivity contribution in [2.75, 3.05) is 0 Å². The highest BCUT2D eigenvalue weighted by atomic mass is 16.2. The number of Topliss-reactive ketones (excluding diaryl/α,β-unsaturated/α-hetero) is 1. The van der Waals surface area contributed by atoms with Crippen molar-refractivity contribution in [3.05, 3.63) is 125 Å². The summed E-state index contributed by atoms with van der Waals surface area (Å²) in [6.45, 7) is 1.82. The minimum atomic E-state index is -0.655. The van der Waals surface area contributed by atoms with Gasteiger partial charge in [-0.2, -0.15) is 5.10 Å². The van der Waals surface area contributed by atoms with Gasteiger partial charge in [0.15, 0.2) is 0 Å². The molecule has 0 atom stereocenters. The van der Waals surface area contributed by atoms with E-state index in [0.717, 1.165) is 17.4 Å². The minimum Gasteiger partial charge on any atom is -0.317 e. The largest absolute Gasteiger partial charge is 0.317 e. The van der Waals surface area contributed by atoms with Crippen LogP contribution in [0.2, 0.25) is 0 Å². The monoisotopic (exact) mass is 437 g/mol. The number of hydrazone groups is 1. The van der Waals surface area contributed by atoms with Crippen LogP contribution in [-0.4, -0.2) is 23.8 Å². The maximum atomic E-state index is 12.8. The molecule has 6 heteroatoms. The fraction of sp³-hybridized carbons (Fsp3) is 0.0370. The van der Waals surface area contributed by atoms with Crippen molar-refractivity contribution in [1.82, 2.24) is 10.7 Å². The van der Waals surface area contributed by atoms with Crippen LogP contribution >= 0.6 is 0 Å². The van der Waals surface area contributed by atoms with Crippen molar-refractivity contribution >= 4 is 29.9 Å². The molecule has 0 radical (unpaired) electrons. The highest BCUT2D eigenvalue weighted by molar-refractivity contribution is 6.35. The number of nitrogens with one attached hydrogen (secondary N) is 2. The Bertz CT molecular complexity index is 1200. The van der Waals surface area contributed by atoms with Crippen LogP contribution in [0.5, 0.6) is 0 Å². The fourth-order valence-corrected chi connectivity index (χ4v) is 2.91. The Morgan fingerprint density at radius 3 is 1.91 bits per heavy atom. The van der Waals surface area contributed by atoms with E-state index < -0.39 is 11.8 Å². The molecule has 0 aliphatic rings. The van der Waals surface area contributed by atoms with Gasteiger partial charge in [0.1, 0.15) is 5.70 Å². The number of carbonyl (C=O) groups excluding carboxylic acids is 3. The molecule has 2 N–H and O–H groups in total. The smallest absolute Gasteiger partial charge is 0.287 e. The number of hydrogen-bond donors (Lipinski definition) is 2. The molecule has 0 fully saturated rings. The predicted octanol–water partition coefficient (Wildman–Crippen LogP) is 4.39. The average Bonchev–Trinajstić information content (AvgIpc) is 2.85. The zero-order valence-corrected chi connectivity index (χ0v) is 18.1. The van der Waals surface area contributed by atoms with E-state index in [1.54, 1.807) is 66.7 Å². The van der Waals surface area contributed by atoms with Gasteiger partial charge in [0, 0.05) is 11.1 Å². The van der Waals surface area contributed by atoms with Crippen molar-refractivity contribution in [2.45, 2.75) is 6.92 Å². The first-order chi connectivity index (χ1) is 16.0. The molecule has 33 heavy (non-hydrogen) atoms. The highest BCUT2D eigenvalue weighted by Crippen LogP contribution is 2.10. The summed E-state index contributed by atoms with van der Waals surface area (Å²) < 4.78 is 0. The molecule has 164 valence electrons.